The lowest BCUT2D eigenvalue weighted by atomic mass is 10.2. The Kier molecular flexibility index (Phi) is 8.96. The van der Waals surface area contributed by atoms with E-state index in [1.807, 2.05) is 24.3 Å². The Labute approximate surface area is 168 Å². The van der Waals surface area contributed by atoms with E-state index in [0.717, 1.165) is 5.69 Å². The van der Waals surface area contributed by atoms with Gasteiger partial charge in [0.05, 0.1) is 37.2 Å². The molecule has 0 fully saturated rings. The van der Waals surface area contributed by atoms with E-state index in [2.05, 4.69) is 15.3 Å². The minimum Gasteiger partial charge on any atom is -0.476 e. The standard InChI is InChI=1S/C19H25N5O5/c20-17(27)11-24(12-18(28)22-10-14(26)13-25)8-9-29-19-6-3-5-16(23-19)15-4-1-2-7-21-15/h1-7,14,25-26H,8-13H2,(H2,20,27)(H,22,28). The second-order valence-electron chi connectivity index (χ2n) is 6.24. The number of rotatable bonds is 12. The van der Waals surface area contributed by atoms with Crippen molar-refractivity contribution in [2.45, 2.75) is 6.10 Å². The van der Waals surface area contributed by atoms with Crippen LogP contribution in [0.25, 0.3) is 11.4 Å². The van der Waals surface area contributed by atoms with Crippen molar-refractivity contribution in [1.29, 1.82) is 0 Å². The van der Waals surface area contributed by atoms with Crippen LogP contribution in [0.5, 0.6) is 5.88 Å². The van der Waals surface area contributed by atoms with Crippen molar-refractivity contribution in [2.24, 2.45) is 5.73 Å². The molecule has 0 bridgehead atoms. The number of carbonyl (C=O) groups excluding carboxylic acids is 2. The lowest BCUT2D eigenvalue weighted by Crippen LogP contribution is -2.44. The number of aliphatic hydroxyl groups excluding tert-OH is 2. The van der Waals surface area contributed by atoms with E-state index in [-0.39, 0.29) is 32.8 Å². The van der Waals surface area contributed by atoms with Crippen molar-refractivity contribution in [2.75, 3.05) is 39.4 Å². The summed E-state index contributed by atoms with van der Waals surface area (Å²) in [6.07, 6.45) is 0.640. The summed E-state index contributed by atoms with van der Waals surface area (Å²) in [5, 5.41) is 20.5. The maximum atomic E-state index is 11.9. The van der Waals surface area contributed by atoms with Crippen LogP contribution in [-0.2, 0) is 9.59 Å². The summed E-state index contributed by atoms with van der Waals surface area (Å²) < 4.78 is 5.64. The van der Waals surface area contributed by atoms with Gasteiger partial charge in [-0.1, -0.05) is 12.1 Å². The SMILES string of the molecule is NC(=O)CN(CCOc1cccc(-c2ccccn2)n1)CC(=O)NCC(O)CO. The molecule has 1 unspecified atom stereocenters. The number of hydrogen-bond acceptors (Lipinski definition) is 8. The first-order valence-corrected chi connectivity index (χ1v) is 9.05. The van der Waals surface area contributed by atoms with Crippen LogP contribution in [0, 0.1) is 0 Å². The minimum absolute atomic E-state index is 0.0829. The number of aromatic nitrogens is 2. The van der Waals surface area contributed by atoms with Gasteiger partial charge in [0.15, 0.2) is 0 Å². The van der Waals surface area contributed by atoms with Gasteiger partial charge in [0.25, 0.3) is 0 Å². The highest BCUT2D eigenvalue weighted by atomic mass is 16.5. The van der Waals surface area contributed by atoms with Crippen LogP contribution in [0.4, 0.5) is 0 Å². The number of nitrogens with zero attached hydrogens (tertiary/aromatic N) is 3. The fraction of sp³-hybridized carbons (Fsp3) is 0.368. The van der Waals surface area contributed by atoms with Crippen LogP contribution in [0.15, 0.2) is 42.6 Å². The Morgan fingerprint density at radius 1 is 1.17 bits per heavy atom. The van der Waals surface area contributed by atoms with E-state index in [4.69, 9.17) is 15.6 Å². The van der Waals surface area contributed by atoms with Gasteiger partial charge in [0.2, 0.25) is 17.7 Å². The molecule has 5 N–H and O–H groups in total. The first-order valence-electron chi connectivity index (χ1n) is 9.05. The smallest absolute Gasteiger partial charge is 0.234 e. The molecule has 2 rings (SSSR count). The van der Waals surface area contributed by atoms with Crippen LogP contribution in [0.3, 0.4) is 0 Å². The molecular weight excluding hydrogens is 378 g/mol. The summed E-state index contributed by atoms with van der Waals surface area (Å²) in [5.41, 5.74) is 6.62. The Morgan fingerprint density at radius 2 is 1.97 bits per heavy atom. The van der Waals surface area contributed by atoms with Crippen molar-refractivity contribution in [3.8, 4) is 17.3 Å². The predicted octanol–water partition coefficient (Wildman–Crippen LogP) is -1.22. The van der Waals surface area contributed by atoms with Gasteiger partial charge in [-0.15, -0.1) is 0 Å². The van der Waals surface area contributed by atoms with E-state index in [1.54, 1.807) is 18.3 Å². The van der Waals surface area contributed by atoms with Gasteiger partial charge in [-0.2, -0.15) is 0 Å². The third-order valence-electron chi connectivity index (χ3n) is 3.80. The van der Waals surface area contributed by atoms with Crippen molar-refractivity contribution < 1.29 is 24.5 Å². The largest absolute Gasteiger partial charge is 0.476 e. The first kappa shape index (κ1) is 22.2. The number of nitrogens with two attached hydrogens (primary N) is 1. The summed E-state index contributed by atoms with van der Waals surface area (Å²) >= 11 is 0. The average Bonchev–Trinajstić information content (AvgIpc) is 2.72. The van der Waals surface area contributed by atoms with Crippen molar-refractivity contribution >= 4 is 11.8 Å². The minimum atomic E-state index is -1.04. The second-order valence-corrected chi connectivity index (χ2v) is 6.24. The van der Waals surface area contributed by atoms with Gasteiger partial charge in [0, 0.05) is 25.4 Å². The molecule has 0 aromatic carbocycles. The van der Waals surface area contributed by atoms with Crippen LogP contribution in [0.1, 0.15) is 0 Å². The number of carbonyl (C=O) groups is 2. The van der Waals surface area contributed by atoms with E-state index in [1.165, 1.54) is 4.90 Å². The van der Waals surface area contributed by atoms with E-state index < -0.39 is 24.5 Å². The van der Waals surface area contributed by atoms with Gasteiger partial charge >= 0.3 is 0 Å². The summed E-state index contributed by atoms with van der Waals surface area (Å²) in [4.78, 5) is 33.3. The highest BCUT2D eigenvalue weighted by Crippen LogP contribution is 2.17. The third-order valence-corrected chi connectivity index (χ3v) is 3.80. The van der Waals surface area contributed by atoms with Gasteiger partial charge in [0.1, 0.15) is 6.61 Å². The molecule has 10 heteroatoms. The fourth-order valence-electron chi connectivity index (χ4n) is 2.42. The van der Waals surface area contributed by atoms with Gasteiger partial charge in [-0.3, -0.25) is 19.5 Å². The van der Waals surface area contributed by atoms with Crippen LogP contribution in [-0.4, -0.2) is 82.4 Å². The molecule has 0 radical (unpaired) electrons. The molecule has 2 aromatic rings. The molecule has 2 aromatic heterocycles. The van der Waals surface area contributed by atoms with Crippen molar-refractivity contribution in [1.82, 2.24) is 20.2 Å². The normalized spacial score (nSPS) is 11.8. The molecule has 0 saturated carbocycles. The highest BCUT2D eigenvalue weighted by molar-refractivity contribution is 5.80. The molecule has 156 valence electrons. The molecule has 0 aliphatic heterocycles. The second kappa shape index (κ2) is 11.7. The number of amides is 2. The Bertz CT molecular complexity index is 790. The van der Waals surface area contributed by atoms with Crippen molar-refractivity contribution in [3.05, 3.63) is 42.6 Å². The zero-order chi connectivity index (χ0) is 21.1. The summed E-state index contributed by atoms with van der Waals surface area (Å²) in [5.74, 6) is -0.597. The zero-order valence-electron chi connectivity index (χ0n) is 15.9. The number of primary amides is 1. The van der Waals surface area contributed by atoms with Gasteiger partial charge in [-0.05, 0) is 18.2 Å². The van der Waals surface area contributed by atoms with Crippen LogP contribution >= 0.6 is 0 Å². The number of pyridine rings is 2. The zero-order valence-corrected chi connectivity index (χ0v) is 15.9. The van der Waals surface area contributed by atoms with Crippen LogP contribution in [0.2, 0.25) is 0 Å². The quantitative estimate of drug-likeness (QED) is 0.344. The summed E-state index contributed by atoms with van der Waals surface area (Å²) in [6.45, 7) is -0.330. The van der Waals surface area contributed by atoms with E-state index in [0.29, 0.717) is 11.6 Å². The van der Waals surface area contributed by atoms with Gasteiger partial charge < -0.3 is 26.0 Å². The molecule has 2 heterocycles. The molecule has 0 aliphatic rings. The molecule has 29 heavy (non-hydrogen) atoms. The Morgan fingerprint density at radius 3 is 2.66 bits per heavy atom. The summed E-state index contributed by atoms with van der Waals surface area (Å²) in [7, 11) is 0. The Balaban J connectivity index is 1.87. The fourth-order valence-corrected chi connectivity index (χ4v) is 2.42. The molecule has 2 amide bonds. The molecule has 10 nitrogen and oxygen atoms in total. The lowest BCUT2D eigenvalue weighted by molar-refractivity contribution is -0.124. The van der Waals surface area contributed by atoms with Crippen molar-refractivity contribution in [3.63, 3.8) is 0 Å². The highest BCUT2D eigenvalue weighted by Gasteiger charge is 2.14. The summed E-state index contributed by atoms with van der Waals surface area (Å²) in [6, 6.07) is 10.8. The lowest BCUT2D eigenvalue weighted by Gasteiger charge is -2.20. The number of ether oxygens (including phenoxy) is 1. The molecule has 0 saturated heterocycles. The first-order chi connectivity index (χ1) is 14.0. The topological polar surface area (TPSA) is 151 Å². The molecular formula is C19H25N5O5. The van der Waals surface area contributed by atoms with E-state index in [9.17, 15) is 14.7 Å². The van der Waals surface area contributed by atoms with Gasteiger partial charge in [-0.25, -0.2) is 4.98 Å². The maximum absolute atomic E-state index is 11.9. The number of aliphatic hydroxyl groups is 2. The molecule has 0 aliphatic carbocycles. The molecule has 1 atom stereocenters. The monoisotopic (exact) mass is 403 g/mol. The third kappa shape index (κ3) is 8.21. The van der Waals surface area contributed by atoms with E-state index >= 15 is 0 Å². The Hall–Kier alpha value is -3.08. The van der Waals surface area contributed by atoms with Crippen LogP contribution < -0.4 is 15.8 Å². The predicted molar refractivity (Wildman–Crippen MR) is 105 cm³/mol. The maximum Gasteiger partial charge on any atom is 0.234 e. The molecule has 0 spiro atoms. The average molecular weight is 403 g/mol. The number of hydrogen-bond donors (Lipinski definition) is 4. The number of nitrogens with one attached hydrogen (secondary N) is 1.